The monoisotopic (exact) mass is 262 g/mol. The summed E-state index contributed by atoms with van der Waals surface area (Å²) in [6.45, 7) is 10.4. The molecule has 3 nitrogen and oxygen atoms in total. The fourth-order valence-corrected chi connectivity index (χ4v) is 2.61. The number of hydrogen-bond acceptors (Lipinski definition) is 3. The van der Waals surface area contributed by atoms with Gasteiger partial charge in [0.1, 0.15) is 0 Å². The van der Waals surface area contributed by atoms with E-state index in [2.05, 4.69) is 48.3 Å². The molecule has 1 saturated heterocycles. The zero-order valence-electron chi connectivity index (χ0n) is 12.2. The average Bonchev–Trinajstić information content (AvgIpc) is 2.62. The Morgan fingerprint density at radius 3 is 2.89 bits per heavy atom. The SMILES string of the molecule is CCNCc1ccccc1CN1CCCOC(C)C1. The van der Waals surface area contributed by atoms with E-state index in [1.807, 2.05) is 0 Å². The minimum Gasteiger partial charge on any atom is -0.377 e. The Morgan fingerprint density at radius 2 is 2.11 bits per heavy atom. The van der Waals surface area contributed by atoms with Gasteiger partial charge in [-0.2, -0.15) is 0 Å². The summed E-state index contributed by atoms with van der Waals surface area (Å²) in [5.74, 6) is 0. The van der Waals surface area contributed by atoms with Gasteiger partial charge in [-0.05, 0) is 31.0 Å². The number of nitrogens with one attached hydrogen (secondary N) is 1. The van der Waals surface area contributed by atoms with E-state index < -0.39 is 0 Å². The third-order valence-electron chi connectivity index (χ3n) is 3.61. The number of hydrogen-bond donors (Lipinski definition) is 1. The summed E-state index contributed by atoms with van der Waals surface area (Å²) >= 11 is 0. The molecule has 1 N–H and O–H groups in total. The third-order valence-corrected chi connectivity index (χ3v) is 3.61. The van der Waals surface area contributed by atoms with Crippen LogP contribution in [-0.2, 0) is 17.8 Å². The molecule has 0 bridgehead atoms. The minimum atomic E-state index is 0.350. The molecule has 1 heterocycles. The molecule has 2 rings (SSSR count). The highest BCUT2D eigenvalue weighted by atomic mass is 16.5. The molecule has 1 aliphatic heterocycles. The summed E-state index contributed by atoms with van der Waals surface area (Å²) in [4.78, 5) is 2.52. The fourth-order valence-electron chi connectivity index (χ4n) is 2.61. The molecule has 1 unspecified atom stereocenters. The van der Waals surface area contributed by atoms with E-state index in [0.29, 0.717) is 6.10 Å². The largest absolute Gasteiger partial charge is 0.377 e. The van der Waals surface area contributed by atoms with Gasteiger partial charge in [-0.15, -0.1) is 0 Å². The Kier molecular flexibility index (Phi) is 5.83. The molecule has 1 aliphatic rings. The highest BCUT2D eigenvalue weighted by molar-refractivity contribution is 5.27. The maximum Gasteiger partial charge on any atom is 0.0674 e. The first-order valence-electron chi connectivity index (χ1n) is 7.41. The van der Waals surface area contributed by atoms with Gasteiger partial charge in [0.05, 0.1) is 6.10 Å². The van der Waals surface area contributed by atoms with E-state index in [1.165, 1.54) is 11.1 Å². The van der Waals surface area contributed by atoms with Crippen LogP contribution in [0.3, 0.4) is 0 Å². The van der Waals surface area contributed by atoms with E-state index >= 15 is 0 Å². The smallest absolute Gasteiger partial charge is 0.0674 e. The zero-order chi connectivity index (χ0) is 13.5. The van der Waals surface area contributed by atoms with E-state index in [1.54, 1.807) is 0 Å². The Balaban J connectivity index is 2.00. The van der Waals surface area contributed by atoms with Crippen molar-refractivity contribution in [3.63, 3.8) is 0 Å². The highest BCUT2D eigenvalue weighted by Gasteiger charge is 2.15. The Morgan fingerprint density at radius 1 is 1.32 bits per heavy atom. The van der Waals surface area contributed by atoms with Gasteiger partial charge in [0.15, 0.2) is 0 Å². The molecule has 0 saturated carbocycles. The summed E-state index contributed by atoms with van der Waals surface area (Å²) in [6, 6.07) is 8.76. The second-order valence-electron chi connectivity index (χ2n) is 5.32. The van der Waals surface area contributed by atoms with Crippen molar-refractivity contribution < 1.29 is 4.74 Å². The third kappa shape index (κ3) is 4.60. The zero-order valence-corrected chi connectivity index (χ0v) is 12.2. The summed E-state index contributed by atoms with van der Waals surface area (Å²) < 4.78 is 5.71. The van der Waals surface area contributed by atoms with Crippen molar-refractivity contribution >= 4 is 0 Å². The van der Waals surface area contributed by atoms with E-state index in [4.69, 9.17) is 4.74 Å². The van der Waals surface area contributed by atoms with E-state index in [0.717, 1.165) is 45.8 Å². The van der Waals surface area contributed by atoms with Crippen LogP contribution in [0.15, 0.2) is 24.3 Å². The molecule has 0 aromatic heterocycles. The van der Waals surface area contributed by atoms with Crippen molar-refractivity contribution in [3.05, 3.63) is 35.4 Å². The lowest BCUT2D eigenvalue weighted by atomic mass is 10.1. The lowest BCUT2D eigenvalue weighted by Crippen LogP contribution is -2.30. The molecule has 1 aromatic rings. The minimum absolute atomic E-state index is 0.350. The molecule has 0 spiro atoms. The van der Waals surface area contributed by atoms with Crippen LogP contribution in [0, 0.1) is 0 Å². The van der Waals surface area contributed by atoms with Gasteiger partial charge in [-0.1, -0.05) is 31.2 Å². The van der Waals surface area contributed by atoms with Crippen molar-refractivity contribution in [3.8, 4) is 0 Å². The van der Waals surface area contributed by atoms with Crippen LogP contribution >= 0.6 is 0 Å². The molecule has 3 heteroatoms. The van der Waals surface area contributed by atoms with E-state index in [-0.39, 0.29) is 0 Å². The molecule has 1 atom stereocenters. The second kappa shape index (κ2) is 7.63. The molecule has 106 valence electrons. The fraction of sp³-hybridized carbons (Fsp3) is 0.625. The average molecular weight is 262 g/mol. The standard InChI is InChI=1S/C16H26N2O/c1-3-17-11-15-7-4-5-8-16(15)13-18-9-6-10-19-14(2)12-18/h4-5,7-8,14,17H,3,6,9-13H2,1-2H3. The van der Waals surface area contributed by atoms with Crippen molar-refractivity contribution in [2.75, 3.05) is 26.2 Å². The first kappa shape index (κ1) is 14.5. The Labute approximate surface area is 116 Å². The summed E-state index contributed by atoms with van der Waals surface area (Å²) in [6.07, 6.45) is 1.49. The van der Waals surface area contributed by atoms with Gasteiger partial charge >= 0.3 is 0 Å². The van der Waals surface area contributed by atoms with Crippen LogP contribution in [0.2, 0.25) is 0 Å². The lowest BCUT2D eigenvalue weighted by molar-refractivity contribution is 0.0667. The number of nitrogens with zero attached hydrogens (tertiary/aromatic N) is 1. The summed E-state index contributed by atoms with van der Waals surface area (Å²) in [5, 5.41) is 3.42. The van der Waals surface area contributed by atoms with Crippen molar-refractivity contribution in [1.29, 1.82) is 0 Å². The Hall–Kier alpha value is -0.900. The molecular weight excluding hydrogens is 236 g/mol. The van der Waals surface area contributed by atoms with Crippen LogP contribution < -0.4 is 5.32 Å². The van der Waals surface area contributed by atoms with Gasteiger partial charge < -0.3 is 10.1 Å². The first-order chi connectivity index (χ1) is 9.29. The summed E-state index contributed by atoms with van der Waals surface area (Å²) in [5.41, 5.74) is 2.86. The van der Waals surface area contributed by atoms with Crippen molar-refractivity contribution in [2.45, 2.75) is 39.5 Å². The molecule has 0 radical (unpaired) electrons. The lowest BCUT2D eigenvalue weighted by Gasteiger charge is -2.23. The topological polar surface area (TPSA) is 24.5 Å². The quantitative estimate of drug-likeness (QED) is 0.882. The highest BCUT2D eigenvalue weighted by Crippen LogP contribution is 2.14. The second-order valence-corrected chi connectivity index (χ2v) is 5.32. The first-order valence-corrected chi connectivity index (χ1v) is 7.41. The van der Waals surface area contributed by atoms with Crippen LogP contribution in [0.25, 0.3) is 0 Å². The number of ether oxygens (including phenoxy) is 1. The molecule has 1 aromatic carbocycles. The number of benzene rings is 1. The van der Waals surface area contributed by atoms with Crippen molar-refractivity contribution in [1.82, 2.24) is 10.2 Å². The van der Waals surface area contributed by atoms with Gasteiger partial charge in [-0.25, -0.2) is 0 Å². The summed E-state index contributed by atoms with van der Waals surface area (Å²) in [7, 11) is 0. The molecular formula is C16H26N2O. The molecule has 0 amide bonds. The van der Waals surface area contributed by atoms with Crippen molar-refractivity contribution in [2.24, 2.45) is 0 Å². The van der Waals surface area contributed by atoms with Crippen LogP contribution in [-0.4, -0.2) is 37.2 Å². The predicted octanol–water partition coefficient (Wildman–Crippen LogP) is 2.41. The van der Waals surface area contributed by atoms with Crippen LogP contribution in [0.1, 0.15) is 31.4 Å². The van der Waals surface area contributed by atoms with Gasteiger partial charge in [0.2, 0.25) is 0 Å². The predicted molar refractivity (Wildman–Crippen MR) is 79.1 cm³/mol. The van der Waals surface area contributed by atoms with Crippen LogP contribution in [0.4, 0.5) is 0 Å². The van der Waals surface area contributed by atoms with Gasteiger partial charge in [0, 0.05) is 32.8 Å². The van der Waals surface area contributed by atoms with E-state index in [9.17, 15) is 0 Å². The normalized spacial score (nSPS) is 21.3. The number of rotatable bonds is 5. The maximum absolute atomic E-state index is 5.71. The van der Waals surface area contributed by atoms with Gasteiger partial charge in [0.25, 0.3) is 0 Å². The Bertz CT molecular complexity index is 381. The van der Waals surface area contributed by atoms with Crippen LogP contribution in [0.5, 0.6) is 0 Å². The molecule has 19 heavy (non-hydrogen) atoms. The maximum atomic E-state index is 5.71. The van der Waals surface area contributed by atoms with Gasteiger partial charge in [-0.3, -0.25) is 4.90 Å². The molecule has 0 aliphatic carbocycles. The molecule has 1 fully saturated rings.